The van der Waals surface area contributed by atoms with Crippen molar-refractivity contribution < 1.29 is 9.53 Å². The zero-order chi connectivity index (χ0) is 24.0. The number of rotatable bonds is 4. The number of nitrogens with zero attached hydrogens (tertiary/aromatic N) is 4. The molecule has 0 unspecified atom stereocenters. The molecule has 1 fully saturated rings. The molecule has 176 valence electrons. The summed E-state index contributed by atoms with van der Waals surface area (Å²) in [7, 11) is 1.59. The number of thioether (sulfide) groups is 1. The number of aryl methyl sites for hydroxylation is 1. The first-order valence-corrected chi connectivity index (χ1v) is 12.6. The second-order valence-electron chi connectivity index (χ2n) is 8.77. The van der Waals surface area contributed by atoms with E-state index in [1.807, 2.05) is 38.1 Å². The van der Waals surface area contributed by atoms with Crippen LogP contribution < -0.4 is 4.74 Å². The number of amidine groups is 2. The lowest BCUT2D eigenvalue weighted by atomic mass is 9.90. The molecule has 1 amide bonds. The van der Waals surface area contributed by atoms with Crippen LogP contribution >= 0.6 is 23.4 Å². The molecule has 9 heteroatoms. The number of hydrogen-bond donors (Lipinski definition) is 1. The number of benzene rings is 1. The lowest BCUT2D eigenvalue weighted by molar-refractivity contribution is -0.114. The Bertz CT molecular complexity index is 1290. The Balaban J connectivity index is 1.47. The minimum atomic E-state index is -0.402. The van der Waals surface area contributed by atoms with Crippen LogP contribution in [0.5, 0.6) is 5.75 Å². The fourth-order valence-corrected chi connectivity index (χ4v) is 6.11. The highest BCUT2D eigenvalue weighted by atomic mass is 35.5. The molecule has 1 saturated carbocycles. The van der Waals surface area contributed by atoms with E-state index in [1.165, 1.54) is 36.0 Å². The molecule has 5 rings (SSSR count). The molecule has 0 bridgehead atoms. The van der Waals surface area contributed by atoms with E-state index in [4.69, 9.17) is 26.8 Å². The van der Waals surface area contributed by atoms with Crippen LogP contribution in [-0.4, -0.2) is 38.6 Å². The zero-order valence-electron chi connectivity index (χ0n) is 19.4. The molecule has 2 aromatic rings. The minimum Gasteiger partial charge on any atom is -0.495 e. The summed E-state index contributed by atoms with van der Waals surface area (Å²) in [5, 5.41) is 16.9. The van der Waals surface area contributed by atoms with Gasteiger partial charge in [-0.15, -0.1) is 0 Å². The summed E-state index contributed by atoms with van der Waals surface area (Å²) in [6.45, 7) is 3.98. The first-order chi connectivity index (χ1) is 16.4. The average molecular weight is 496 g/mol. The van der Waals surface area contributed by atoms with Gasteiger partial charge in [0.25, 0.3) is 5.91 Å². The summed E-state index contributed by atoms with van der Waals surface area (Å²) in [4.78, 5) is 17.2. The van der Waals surface area contributed by atoms with Gasteiger partial charge in [0.2, 0.25) is 5.17 Å². The van der Waals surface area contributed by atoms with Gasteiger partial charge in [-0.3, -0.25) is 10.2 Å². The number of aromatic nitrogens is 1. The van der Waals surface area contributed by atoms with Crippen molar-refractivity contribution in [3.05, 3.63) is 51.8 Å². The Kier molecular flexibility index (Phi) is 6.12. The predicted molar refractivity (Wildman–Crippen MR) is 138 cm³/mol. The topological polar surface area (TPSA) is 83.0 Å². The Morgan fingerprint density at radius 1 is 1.21 bits per heavy atom. The van der Waals surface area contributed by atoms with Crippen LogP contribution in [0.1, 0.15) is 49.1 Å². The van der Waals surface area contributed by atoms with Gasteiger partial charge in [-0.1, -0.05) is 30.9 Å². The average Bonchev–Trinajstić information content (AvgIpc) is 3.37. The third kappa shape index (κ3) is 3.99. The van der Waals surface area contributed by atoms with Crippen molar-refractivity contribution in [2.75, 3.05) is 7.11 Å². The smallest absolute Gasteiger partial charge is 0.283 e. The highest BCUT2D eigenvalue weighted by molar-refractivity contribution is 8.27. The molecular weight excluding hydrogens is 470 g/mol. The molecule has 1 N–H and O–H groups in total. The van der Waals surface area contributed by atoms with Crippen molar-refractivity contribution >= 4 is 51.4 Å². The van der Waals surface area contributed by atoms with Gasteiger partial charge < -0.3 is 9.30 Å². The maximum Gasteiger partial charge on any atom is 0.283 e. The fraction of sp³-hybridized carbons (Fsp3) is 0.360. The second kappa shape index (κ2) is 9.07. The molecule has 0 saturated heterocycles. The number of aliphatic imine (C=N–C) groups is 1. The number of fused-ring (bicyclic) bond motifs is 1. The van der Waals surface area contributed by atoms with E-state index in [-0.39, 0.29) is 11.4 Å². The summed E-state index contributed by atoms with van der Waals surface area (Å²) in [5.74, 6) is 0.686. The maximum absolute atomic E-state index is 12.9. The van der Waals surface area contributed by atoms with Crippen LogP contribution in [0, 0.1) is 25.2 Å². The number of hydrogen-bond acceptors (Lipinski definition) is 5. The Morgan fingerprint density at radius 3 is 2.68 bits per heavy atom. The fourth-order valence-electron chi connectivity index (χ4n) is 4.80. The Morgan fingerprint density at radius 2 is 1.97 bits per heavy atom. The van der Waals surface area contributed by atoms with Gasteiger partial charge in [0, 0.05) is 23.0 Å². The summed E-state index contributed by atoms with van der Waals surface area (Å²) in [6, 6.07) is 7.62. The van der Waals surface area contributed by atoms with Crippen molar-refractivity contribution in [3.63, 3.8) is 0 Å². The third-order valence-corrected chi connectivity index (χ3v) is 7.95. The van der Waals surface area contributed by atoms with Crippen molar-refractivity contribution in [1.82, 2.24) is 9.58 Å². The van der Waals surface area contributed by atoms with E-state index >= 15 is 0 Å². The molecule has 7 nitrogen and oxygen atoms in total. The highest BCUT2D eigenvalue weighted by Gasteiger charge is 2.38. The number of ether oxygens (including phenoxy) is 1. The first-order valence-electron chi connectivity index (χ1n) is 11.4. The van der Waals surface area contributed by atoms with Gasteiger partial charge >= 0.3 is 0 Å². The SMILES string of the molecule is COc1ccc(-n2c(C)cc(C=C3C(=N)N4N=C(C5CCCCC5)SC4=NC3=O)c2C)cc1Cl. The third-order valence-electron chi connectivity index (χ3n) is 6.59. The number of nitrogens with one attached hydrogen (secondary N) is 1. The normalized spacial score (nSPS) is 20.0. The summed E-state index contributed by atoms with van der Waals surface area (Å²) >= 11 is 7.78. The van der Waals surface area contributed by atoms with Gasteiger partial charge in [-0.05, 0) is 74.4 Å². The van der Waals surface area contributed by atoms with Crippen molar-refractivity contribution in [1.29, 1.82) is 5.41 Å². The van der Waals surface area contributed by atoms with Gasteiger partial charge in [0.05, 0.1) is 17.7 Å². The van der Waals surface area contributed by atoms with Crippen LogP contribution in [0.25, 0.3) is 11.8 Å². The van der Waals surface area contributed by atoms with Crippen LogP contribution in [-0.2, 0) is 4.79 Å². The molecule has 0 radical (unpaired) electrons. The number of carbonyl (C=O) groups is 1. The largest absolute Gasteiger partial charge is 0.495 e. The molecule has 3 aliphatic rings. The lowest BCUT2D eigenvalue weighted by Crippen LogP contribution is -2.35. The number of halogens is 1. The standard InChI is InChI=1S/C25H26ClN5O2S/c1-14-11-17(15(2)30(14)18-9-10-21(33-3)20(26)13-18)12-19-22(27)31-25(28-23(19)32)34-24(29-31)16-7-5-4-6-8-16/h9-13,16,27H,4-8H2,1-3H3. The van der Waals surface area contributed by atoms with Crippen LogP contribution in [0.3, 0.4) is 0 Å². The molecule has 34 heavy (non-hydrogen) atoms. The second-order valence-corrected chi connectivity index (χ2v) is 10.2. The van der Waals surface area contributed by atoms with E-state index in [9.17, 15) is 4.79 Å². The Labute approximate surface area is 208 Å². The molecule has 1 aromatic carbocycles. The molecule has 1 aliphatic carbocycles. The summed E-state index contributed by atoms with van der Waals surface area (Å²) in [5.41, 5.74) is 3.90. The molecule has 0 atom stereocenters. The van der Waals surface area contributed by atoms with E-state index in [2.05, 4.69) is 9.56 Å². The summed E-state index contributed by atoms with van der Waals surface area (Å²) in [6.07, 6.45) is 7.63. The van der Waals surface area contributed by atoms with Crippen molar-refractivity contribution in [3.8, 4) is 11.4 Å². The monoisotopic (exact) mass is 495 g/mol. The molecule has 1 aromatic heterocycles. The highest BCUT2D eigenvalue weighted by Crippen LogP contribution is 2.36. The van der Waals surface area contributed by atoms with E-state index in [0.29, 0.717) is 21.9 Å². The minimum absolute atomic E-state index is 0.0746. The Hall–Kier alpha value is -2.84. The van der Waals surface area contributed by atoms with Gasteiger partial charge in [0.1, 0.15) is 10.8 Å². The molecule has 0 spiro atoms. The first kappa shape index (κ1) is 22.9. The predicted octanol–water partition coefficient (Wildman–Crippen LogP) is 5.96. The molecule has 2 aliphatic heterocycles. The number of carbonyl (C=O) groups excluding carboxylic acids is 1. The maximum atomic E-state index is 12.9. The van der Waals surface area contributed by atoms with E-state index < -0.39 is 5.91 Å². The number of hydrazone groups is 1. The van der Waals surface area contributed by atoms with Crippen LogP contribution in [0.4, 0.5) is 0 Å². The number of methoxy groups -OCH3 is 1. The van der Waals surface area contributed by atoms with Gasteiger partial charge in [-0.25, -0.2) is 0 Å². The zero-order valence-corrected chi connectivity index (χ0v) is 21.0. The molecule has 3 heterocycles. The van der Waals surface area contributed by atoms with Crippen LogP contribution in [0.15, 0.2) is 39.9 Å². The van der Waals surface area contributed by atoms with E-state index in [1.54, 1.807) is 13.2 Å². The molecular formula is C25H26ClN5O2S. The summed E-state index contributed by atoms with van der Waals surface area (Å²) < 4.78 is 7.33. The van der Waals surface area contributed by atoms with Crippen molar-refractivity contribution in [2.24, 2.45) is 16.0 Å². The number of amides is 1. The van der Waals surface area contributed by atoms with Gasteiger partial charge in [0.15, 0.2) is 5.84 Å². The lowest BCUT2D eigenvalue weighted by Gasteiger charge is -2.20. The quantitative estimate of drug-likeness (QED) is 0.531. The van der Waals surface area contributed by atoms with Crippen molar-refractivity contribution in [2.45, 2.75) is 46.0 Å². The van der Waals surface area contributed by atoms with E-state index in [0.717, 1.165) is 40.5 Å². The van der Waals surface area contributed by atoms with Crippen LogP contribution in [0.2, 0.25) is 5.02 Å². The van der Waals surface area contributed by atoms with Gasteiger partial charge in [-0.2, -0.15) is 15.1 Å².